The van der Waals surface area contributed by atoms with Gasteiger partial charge in [0.25, 0.3) is 5.56 Å². The first-order valence-corrected chi connectivity index (χ1v) is 3.01. The van der Waals surface area contributed by atoms with Gasteiger partial charge in [-0.2, -0.15) is 0 Å². The lowest BCUT2D eigenvalue weighted by molar-refractivity contribution is 1.06. The van der Waals surface area contributed by atoms with Crippen molar-refractivity contribution in [1.29, 1.82) is 0 Å². The summed E-state index contributed by atoms with van der Waals surface area (Å²) < 4.78 is 0. The van der Waals surface area contributed by atoms with Crippen LogP contribution in [0.5, 0.6) is 0 Å². The predicted octanol–water partition coefficient (Wildman–Crippen LogP) is 1.18. The Morgan fingerprint density at radius 3 is 3.00 bits per heavy atom. The Kier molecular flexibility index (Phi) is 1.68. The van der Waals surface area contributed by atoms with Crippen molar-refractivity contribution in [2.75, 3.05) is 0 Å². The molecule has 0 amide bonds. The molecular formula is C7H11NO. The summed E-state index contributed by atoms with van der Waals surface area (Å²) in [7, 11) is 0. The normalized spacial score (nSPS) is 9.44. The number of aromatic nitrogens is 1. The lowest BCUT2D eigenvalue weighted by Crippen LogP contribution is -2.09. The summed E-state index contributed by atoms with van der Waals surface area (Å²) in [6.07, 6.45) is 2.44. The quantitative estimate of drug-likeness (QED) is 0.600. The molecule has 0 aliphatic rings. The second-order valence-electron chi connectivity index (χ2n) is 1.88. The Balaban J connectivity index is 0.000000810. The van der Waals surface area contributed by atoms with Crippen molar-refractivity contribution in [1.82, 2.24) is 4.98 Å². The van der Waals surface area contributed by atoms with E-state index in [2.05, 4.69) is 4.98 Å². The number of nitrogens with one attached hydrogen (secondary N) is 1. The van der Waals surface area contributed by atoms with Crippen LogP contribution in [0.3, 0.4) is 0 Å². The summed E-state index contributed by atoms with van der Waals surface area (Å²) in [5, 5.41) is 0. The molecule has 0 atom stereocenters. The Hall–Kier alpha value is -1.05. The topological polar surface area (TPSA) is 32.9 Å². The van der Waals surface area contributed by atoms with Crippen LogP contribution >= 0.6 is 0 Å². The van der Waals surface area contributed by atoms with Crippen molar-refractivity contribution < 1.29 is 1.43 Å². The summed E-state index contributed by atoms with van der Waals surface area (Å²) in [4.78, 5) is 13.4. The molecule has 0 spiro atoms. The van der Waals surface area contributed by atoms with E-state index in [4.69, 9.17) is 0 Å². The van der Waals surface area contributed by atoms with E-state index in [-0.39, 0.29) is 6.99 Å². The second-order valence-corrected chi connectivity index (χ2v) is 1.88. The van der Waals surface area contributed by atoms with Gasteiger partial charge in [0.05, 0.1) is 0 Å². The Bertz CT molecular complexity index is 243. The van der Waals surface area contributed by atoms with E-state index >= 15 is 0 Å². The van der Waals surface area contributed by atoms with Crippen LogP contribution in [-0.4, -0.2) is 4.98 Å². The third-order valence-electron chi connectivity index (χ3n) is 1.28. The highest BCUT2D eigenvalue weighted by molar-refractivity contribution is 5.07. The third kappa shape index (κ3) is 1.19. The van der Waals surface area contributed by atoms with Crippen molar-refractivity contribution >= 4 is 0 Å². The number of hydrogen-bond donors (Lipinski definition) is 1. The standard InChI is InChI=1S/C7H9NO.H2/c1-2-6-4-3-5-8-7(6)9;/h3-5H,2H2,1H3,(H,8,9);1H. The Labute approximate surface area is 55.0 Å². The van der Waals surface area contributed by atoms with Crippen molar-refractivity contribution in [3.8, 4) is 0 Å². The SMILES string of the molecule is CCc1ccc[nH]c1=O.[HH]. The van der Waals surface area contributed by atoms with E-state index in [1.807, 2.05) is 19.1 Å². The minimum absolute atomic E-state index is 0. The van der Waals surface area contributed by atoms with E-state index in [0.29, 0.717) is 0 Å². The van der Waals surface area contributed by atoms with Gasteiger partial charge in [-0.1, -0.05) is 13.0 Å². The van der Waals surface area contributed by atoms with Crippen LogP contribution in [0.1, 0.15) is 13.9 Å². The van der Waals surface area contributed by atoms with Crippen LogP contribution in [0.2, 0.25) is 0 Å². The maximum atomic E-state index is 10.8. The van der Waals surface area contributed by atoms with Crippen LogP contribution in [0.4, 0.5) is 0 Å². The second kappa shape index (κ2) is 2.49. The first-order chi connectivity index (χ1) is 4.34. The molecule has 1 N–H and O–H groups in total. The molecule has 1 aromatic rings. The minimum atomic E-state index is 0. The smallest absolute Gasteiger partial charge is 0.251 e. The van der Waals surface area contributed by atoms with Crippen molar-refractivity contribution in [2.24, 2.45) is 0 Å². The van der Waals surface area contributed by atoms with E-state index in [1.165, 1.54) is 0 Å². The van der Waals surface area contributed by atoms with E-state index < -0.39 is 0 Å². The molecule has 0 aliphatic heterocycles. The van der Waals surface area contributed by atoms with Crippen LogP contribution in [0.15, 0.2) is 23.1 Å². The number of hydrogen-bond acceptors (Lipinski definition) is 1. The van der Waals surface area contributed by atoms with Gasteiger partial charge in [0.15, 0.2) is 0 Å². The van der Waals surface area contributed by atoms with Gasteiger partial charge in [-0.3, -0.25) is 4.79 Å². The van der Waals surface area contributed by atoms with Gasteiger partial charge in [0, 0.05) is 13.2 Å². The van der Waals surface area contributed by atoms with Gasteiger partial charge in [-0.05, 0) is 12.5 Å². The van der Waals surface area contributed by atoms with Crippen LogP contribution in [0.25, 0.3) is 0 Å². The molecule has 0 saturated carbocycles. The summed E-state index contributed by atoms with van der Waals surface area (Å²) >= 11 is 0. The summed E-state index contributed by atoms with van der Waals surface area (Å²) in [6.45, 7) is 1.96. The third-order valence-corrected chi connectivity index (χ3v) is 1.28. The monoisotopic (exact) mass is 125 g/mol. The zero-order valence-corrected chi connectivity index (χ0v) is 5.35. The fraction of sp³-hybridized carbons (Fsp3) is 0.286. The maximum Gasteiger partial charge on any atom is 0.251 e. The average Bonchev–Trinajstić information content (AvgIpc) is 1.89. The first kappa shape index (κ1) is 6.08. The highest BCUT2D eigenvalue weighted by Gasteiger charge is 1.90. The molecule has 1 heterocycles. The van der Waals surface area contributed by atoms with Crippen molar-refractivity contribution in [3.63, 3.8) is 0 Å². The van der Waals surface area contributed by atoms with Gasteiger partial charge in [-0.25, -0.2) is 0 Å². The number of aryl methyl sites for hydroxylation is 1. The zero-order chi connectivity index (χ0) is 6.69. The molecule has 1 rings (SSSR count). The predicted molar refractivity (Wildman–Crippen MR) is 38.6 cm³/mol. The molecule has 0 fully saturated rings. The largest absolute Gasteiger partial charge is 0.329 e. The maximum absolute atomic E-state index is 10.8. The fourth-order valence-corrected chi connectivity index (χ4v) is 0.735. The molecule has 0 radical (unpaired) electrons. The Morgan fingerprint density at radius 1 is 1.78 bits per heavy atom. The average molecular weight is 125 g/mol. The van der Waals surface area contributed by atoms with Gasteiger partial charge in [0.1, 0.15) is 0 Å². The molecule has 2 nitrogen and oxygen atoms in total. The molecule has 0 saturated heterocycles. The Morgan fingerprint density at radius 2 is 2.56 bits per heavy atom. The molecule has 0 aromatic carbocycles. The number of pyridine rings is 1. The van der Waals surface area contributed by atoms with Gasteiger partial charge in [0.2, 0.25) is 0 Å². The van der Waals surface area contributed by atoms with Crippen LogP contribution in [0, 0.1) is 0 Å². The molecule has 0 unspecified atom stereocenters. The van der Waals surface area contributed by atoms with E-state index in [1.54, 1.807) is 6.20 Å². The van der Waals surface area contributed by atoms with Crippen LogP contribution < -0.4 is 5.56 Å². The summed E-state index contributed by atoms with van der Waals surface area (Å²) in [5.74, 6) is 0. The van der Waals surface area contributed by atoms with Gasteiger partial charge < -0.3 is 4.98 Å². The lowest BCUT2D eigenvalue weighted by Gasteiger charge is -1.89. The minimum Gasteiger partial charge on any atom is -0.329 e. The molecular weight excluding hydrogens is 114 g/mol. The highest BCUT2D eigenvalue weighted by Crippen LogP contribution is 1.87. The number of H-pyrrole nitrogens is 1. The van der Waals surface area contributed by atoms with E-state index in [0.717, 1.165) is 12.0 Å². The molecule has 9 heavy (non-hydrogen) atoms. The summed E-state index contributed by atoms with van der Waals surface area (Å²) in [5.41, 5.74) is 0.873. The summed E-state index contributed by atoms with van der Waals surface area (Å²) in [6, 6.07) is 3.67. The van der Waals surface area contributed by atoms with Crippen molar-refractivity contribution in [2.45, 2.75) is 13.3 Å². The zero-order valence-electron chi connectivity index (χ0n) is 5.35. The van der Waals surface area contributed by atoms with Crippen LogP contribution in [-0.2, 0) is 6.42 Å². The first-order valence-electron chi connectivity index (χ1n) is 3.01. The van der Waals surface area contributed by atoms with Gasteiger partial charge >= 0.3 is 0 Å². The van der Waals surface area contributed by atoms with Crippen molar-refractivity contribution in [3.05, 3.63) is 34.2 Å². The molecule has 2 heteroatoms. The fourth-order valence-electron chi connectivity index (χ4n) is 0.735. The van der Waals surface area contributed by atoms with E-state index in [9.17, 15) is 4.79 Å². The highest BCUT2D eigenvalue weighted by atomic mass is 16.1. The number of aromatic amines is 1. The lowest BCUT2D eigenvalue weighted by atomic mass is 10.2. The molecule has 50 valence electrons. The molecule has 1 aromatic heterocycles. The molecule has 0 aliphatic carbocycles. The van der Waals surface area contributed by atoms with Gasteiger partial charge in [-0.15, -0.1) is 0 Å². The number of rotatable bonds is 1. The molecule has 0 bridgehead atoms.